The van der Waals surface area contributed by atoms with Crippen molar-refractivity contribution in [2.75, 3.05) is 14.1 Å². The van der Waals surface area contributed by atoms with Crippen LogP contribution in [-0.2, 0) is 0 Å². The van der Waals surface area contributed by atoms with Crippen molar-refractivity contribution in [3.63, 3.8) is 0 Å². The number of likely N-dealkylation sites (tertiary alicyclic amines) is 1. The fourth-order valence-corrected chi connectivity index (χ4v) is 3.67. The van der Waals surface area contributed by atoms with Gasteiger partial charge in [-0.05, 0) is 20.3 Å². The van der Waals surface area contributed by atoms with Gasteiger partial charge in [-0.15, -0.1) is 0 Å². The van der Waals surface area contributed by atoms with Crippen molar-refractivity contribution < 1.29 is 4.48 Å². The van der Waals surface area contributed by atoms with Gasteiger partial charge >= 0.3 is 0 Å². The first-order valence-electron chi connectivity index (χ1n) is 5.20. The van der Waals surface area contributed by atoms with E-state index in [-0.39, 0.29) is 0 Å². The monoisotopic (exact) mass is 168 g/mol. The Balaban J connectivity index is 2.29. The molecular weight excluding hydrogens is 146 g/mol. The zero-order valence-corrected chi connectivity index (χ0v) is 9.09. The first-order chi connectivity index (χ1) is 5.36. The van der Waals surface area contributed by atoms with E-state index in [2.05, 4.69) is 34.9 Å². The number of quaternary nitrogens is 1. The van der Waals surface area contributed by atoms with Crippen molar-refractivity contribution in [2.45, 2.75) is 45.2 Å². The molecule has 0 aromatic rings. The lowest BCUT2D eigenvalue weighted by molar-refractivity contribution is -0.955. The Morgan fingerprint density at radius 1 is 1.25 bits per heavy atom. The number of fused-ring (bicyclic) bond motifs is 1. The highest BCUT2D eigenvalue weighted by molar-refractivity contribution is 4.98. The van der Waals surface area contributed by atoms with Crippen molar-refractivity contribution in [1.29, 1.82) is 0 Å². The molecular formula is C11H22N+. The molecule has 0 aromatic carbocycles. The third kappa shape index (κ3) is 0.783. The highest BCUT2D eigenvalue weighted by Gasteiger charge is 2.61. The Hall–Kier alpha value is -0.0400. The van der Waals surface area contributed by atoms with Gasteiger partial charge in [0.05, 0.1) is 25.7 Å². The van der Waals surface area contributed by atoms with E-state index in [0.29, 0.717) is 5.54 Å². The maximum Gasteiger partial charge on any atom is 0.0947 e. The van der Waals surface area contributed by atoms with Crippen LogP contribution in [0.25, 0.3) is 0 Å². The van der Waals surface area contributed by atoms with E-state index in [1.54, 1.807) is 0 Å². The second-order valence-electron chi connectivity index (χ2n) is 6.02. The Labute approximate surface area is 76.3 Å². The second kappa shape index (κ2) is 2.06. The molecule has 1 saturated carbocycles. The van der Waals surface area contributed by atoms with Crippen molar-refractivity contribution in [3.05, 3.63) is 0 Å². The van der Waals surface area contributed by atoms with Crippen molar-refractivity contribution in [1.82, 2.24) is 0 Å². The molecule has 2 aliphatic rings. The molecule has 1 saturated heterocycles. The minimum atomic E-state index is 0.514. The van der Waals surface area contributed by atoms with Gasteiger partial charge in [0.25, 0.3) is 0 Å². The summed E-state index contributed by atoms with van der Waals surface area (Å²) in [4.78, 5) is 0. The lowest BCUT2D eigenvalue weighted by Crippen LogP contribution is -2.61. The summed E-state index contributed by atoms with van der Waals surface area (Å²) in [6.07, 6.45) is 2.92. The lowest BCUT2D eigenvalue weighted by atomic mass is 9.70. The summed E-state index contributed by atoms with van der Waals surface area (Å²) in [5.41, 5.74) is 0.514. The van der Waals surface area contributed by atoms with E-state index in [0.717, 1.165) is 17.9 Å². The highest BCUT2D eigenvalue weighted by Crippen LogP contribution is 2.54. The Morgan fingerprint density at radius 2 is 1.83 bits per heavy atom. The molecule has 1 aliphatic heterocycles. The van der Waals surface area contributed by atoms with Gasteiger partial charge in [0.15, 0.2) is 0 Å². The van der Waals surface area contributed by atoms with Crippen LogP contribution in [0.5, 0.6) is 0 Å². The summed E-state index contributed by atoms with van der Waals surface area (Å²) in [5, 5.41) is 0. The van der Waals surface area contributed by atoms with Crippen LogP contribution >= 0.6 is 0 Å². The van der Waals surface area contributed by atoms with Crippen molar-refractivity contribution in [2.24, 2.45) is 11.8 Å². The van der Waals surface area contributed by atoms with E-state index in [4.69, 9.17) is 0 Å². The van der Waals surface area contributed by atoms with Crippen LogP contribution in [0, 0.1) is 11.8 Å². The zero-order valence-electron chi connectivity index (χ0n) is 9.09. The molecule has 0 spiro atoms. The summed E-state index contributed by atoms with van der Waals surface area (Å²) in [5.74, 6) is 2.00. The van der Waals surface area contributed by atoms with Gasteiger partial charge in [0.2, 0.25) is 0 Å². The number of hydrogen-bond acceptors (Lipinski definition) is 0. The molecule has 12 heavy (non-hydrogen) atoms. The van der Waals surface area contributed by atoms with Crippen LogP contribution in [0.3, 0.4) is 0 Å². The lowest BCUT2D eigenvalue weighted by Gasteiger charge is -2.49. The standard InChI is InChI=1S/C11H22N/c1-8-6-9-7-11(2,3)12(4,5)10(8)9/h8-10H,6-7H2,1-5H3/q+1. The maximum atomic E-state index is 2.43. The van der Waals surface area contributed by atoms with Crippen LogP contribution in [-0.4, -0.2) is 30.2 Å². The molecule has 1 heteroatoms. The molecule has 70 valence electrons. The molecule has 1 heterocycles. The fourth-order valence-electron chi connectivity index (χ4n) is 3.67. The molecule has 0 amide bonds. The molecule has 3 unspecified atom stereocenters. The normalized spacial score (nSPS) is 48.2. The van der Waals surface area contributed by atoms with E-state index in [9.17, 15) is 0 Å². The number of rotatable bonds is 0. The smallest absolute Gasteiger partial charge is 0.0947 e. The molecule has 0 radical (unpaired) electrons. The molecule has 3 atom stereocenters. The molecule has 2 fully saturated rings. The van der Waals surface area contributed by atoms with Crippen LogP contribution in [0.4, 0.5) is 0 Å². The van der Waals surface area contributed by atoms with E-state index < -0.39 is 0 Å². The van der Waals surface area contributed by atoms with Gasteiger partial charge in [-0.3, -0.25) is 0 Å². The SMILES string of the molecule is CC1CC2CC(C)(C)[N+](C)(C)C12. The van der Waals surface area contributed by atoms with Gasteiger partial charge in [0, 0.05) is 18.3 Å². The second-order valence-corrected chi connectivity index (χ2v) is 6.02. The molecule has 0 N–H and O–H groups in total. The largest absolute Gasteiger partial charge is 0.321 e. The first kappa shape index (κ1) is 8.55. The van der Waals surface area contributed by atoms with E-state index in [1.807, 2.05) is 0 Å². The predicted octanol–water partition coefficient (Wildman–Crippen LogP) is 2.27. The minimum Gasteiger partial charge on any atom is -0.321 e. The Kier molecular flexibility index (Phi) is 1.47. The molecule has 1 nitrogen and oxygen atoms in total. The van der Waals surface area contributed by atoms with E-state index in [1.165, 1.54) is 17.3 Å². The predicted molar refractivity (Wildman–Crippen MR) is 51.9 cm³/mol. The topological polar surface area (TPSA) is 0 Å². The van der Waals surface area contributed by atoms with Gasteiger partial charge in [-0.25, -0.2) is 0 Å². The van der Waals surface area contributed by atoms with Crippen LogP contribution < -0.4 is 0 Å². The average molecular weight is 168 g/mol. The summed E-state index contributed by atoms with van der Waals surface area (Å²) >= 11 is 0. The third-order valence-corrected chi connectivity index (χ3v) is 4.81. The summed E-state index contributed by atoms with van der Waals surface area (Å²) < 4.78 is 1.25. The Morgan fingerprint density at radius 3 is 2.17 bits per heavy atom. The molecule has 1 aliphatic carbocycles. The van der Waals surface area contributed by atoms with Crippen molar-refractivity contribution in [3.8, 4) is 0 Å². The van der Waals surface area contributed by atoms with Crippen LogP contribution in [0.2, 0.25) is 0 Å². The van der Waals surface area contributed by atoms with Crippen LogP contribution in [0.15, 0.2) is 0 Å². The molecule has 0 aromatic heterocycles. The average Bonchev–Trinajstić information content (AvgIpc) is 1.95. The van der Waals surface area contributed by atoms with Crippen LogP contribution in [0.1, 0.15) is 33.6 Å². The first-order valence-corrected chi connectivity index (χ1v) is 5.20. The molecule has 0 bridgehead atoms. The summed E-state index contributed by atoms with van der Waals surface area (Å²) in [6.45, 7) is 7.28. The van der Waals surface area contributed by atoms with Gasteiger partial charge < -0.3 is 4.48 Å². The third-order valence-electron chi connectivity index (χ3n) is 4.81. The van der Waals surface area contributed by atoms with Gasteiger partial charge in [0.1, 0.15) is 0 Å². The minimum absolute atomic E-state index is 0.514. The fraction of sp³-hybridized carbons (Fsp3) is 1.00. The zero-order chi connectivity index (χ0) is 9.15. The number of hydrogen-bond donors (Lipinski definition) is 0. The highest BCUT2D eigenvalue weighted by atomic mass is 15.4. The van der Waals surface area contributed by atoms with Crippen molar-refractivity contribution >= 4 is 0 Å². The number of nitrogens with zero attached hydrogens (tertiary/aromatic N) is 1. The maximum absolute atomic E-state index is 2.43. The molecule has 2 rings (SSSR count). The van der Waals surface area contributed by atoms with E-state index >= 15 is 0 Å². The van der Waals surface area contributed by atoms with Gasteiger partial charge in [-0.2, -0.15) is 0 Å². The quantitative estimate of drug-likeness (QED) is 0.487. The summed E-state index contributed by atoms with van der Waals surface area (Å²) in [6, 6.07) is 0.958. The van der Waals surface area contributed by atoms with Gasteiger partial charge in [-0.1, -0.05) is 6.92 Å². The Bertz CT molecular complexity index is 205. The summed E-state index contributed by atoms with van der Waals surface area (Å²) in [7, 11) is 4.83.